The molecule has 3 aliphatic rings. The fourth-order valence-electron chi connectivity index (χ4n) is 6.00. The largest absolute Gasteiger partial charge is 0.494 e. The Morgan fingerprint density at radius 3 is 2.88 bits per heavy atom. The van der Waals surface area contributed by atoms with Crippen molar-refractivity contribution >= 4 is 6.03 Å². The van der Waals surface area contributed by atoms with E-state index in [1.807, 2.05) is 13.0 Å². The molecular formula is C27H35N3O2. The summed E-state index contributed by atoms with van der Waals surface area (Å²) < 4.78 is 5.74. The van der Waals surface area contributed by atoms with Gasteiger partial charge in [-0.3, -0.25) is 4.90 Å². The summed E-state index contributed by atoms with van der Waals surface area (Å²) in [6.45, 7) is 6.52. The molecule has 5 heteroatoms. The van der Waals surface area contributed by atoms with Crippen LogP contribution in [-0.2, 0) is 12.8 Å². The lowest BCUT2D eigenvalue weighted by molar-refractivity contribution is 0.00576. The monoisotopic (exact) mass is 433 g/mol. The van der Waals surface area contributed by atoms with Crippen molar-refractivity contribution in [1.29, 1.82) is 0 Å². The fraction of sp³-hybridized carbons (Fsp3) is 0.519. The highest BCUT2D eigenvalue weighted by molar-refractivity contribution is 5.74. The Balaban J connectivity index is 1.27. The molecule has 1 N–H and O–H groups in total. The van der Waals surface area contributed by atoms with Crippen molar-refractivity contribution in [1.82, 2.24) is 15.1 Å². The standard InChI is InChI=1S/C27H35N3O2/c1-2-32-23-10-11-24-21(17-23)13-16-29-19-22-9-6-15-30(25(22)18-26(24)29)27(31)28-14-12-20-7-4-3-5-8-20/h3-5,7-8,10-11,17,22,25-26H,2,6,9,12-16,18-19H2,1H3,(H,28,31)/t22-,25+,26+/m1/s1. The van der Waals surface area contributed by atoms with Gasteiger partial charge in [0.05, 0.1) is 6.61 Å². The Kier molecular flexibility index (Phi) is 6.35. The summed E-state index contributed by atoms with van der Waals surface area (Å²) in [5, 5.41) is 3.20. The molecule has 32 heavy (non-hydrogen) atoms. The predicted molar refractivity (Wildman–Crippen MR) is 127 cm³/mol. The van der Waals surface area contributed by atoms with Gasteiger partial charge in [0.25, 0.3) is 0 Å². The number of nitrogens with zero attached hydrogens (tertiary/aromatic N) is 2. The molecule has 0 spiro atoms. The van der Waals surface area contributed by atoms with Gasteiger partial charge in [-0.25, -0.2) is 4.79 Å². The number of urea groups is 1. The van der Waals surface area contributed by atoms with E-state index in [4.69, 9.17) is 4.74 Å². The Labute approximate surface area is 191 Å². The Morgan fingerprint density at radius 2 is 2.03 bits per heavy atom. The average Bonchev–Trinajstić information content (AvgIpc) is 2.83. The van der Waals surface area contributed by atoms with Crippen molar-refractivity contribution < 1.29 is 9.53 Å². The van der Waals surface area contributed by atoms with Gasteiger partial charge in [0, 0.05) is 38.3 Å². The number of rotatable bonds is 5. The van der Waals surface area contributed by atoms with E-state index in [2.05, 4.69) is 57.6 Å². The van der Waals surface area contributed by atoms with E-state index >= 15 is 0 Å². The summed E-state index contributed by atoms with van der Waals surface area (Å²) in [5.74, 6) is 1.56. The van der Waals surface area contributed by atoms with Gasteiger partial charge in [-0.05, 0) is 73.8 Å². The van der Waals surface area contributed by atoms with Gasteiger partial charge in [-0.15, -0.1) is 0 Å². The summed E-state index contributed by atoms with van der Waals surface area (Å²) in [7, 11) is 0. The minimum atomic E-state index is 0.117. The molecular weight excluding hydrogens is 398 g/mol. The minimum absolute atomic E-state index is 0.117. The smallest absolute Gasteiger partial charge is 0.317 e. The van der Waals surface area contributed by atoms with Crippen LogP contribution in [0.5, 0.6) is 5.75 Å². The quantitative estimate of drug-likeness (QED) is 0.759. The second-order valence-electron chi connectivity index (χ2n) is 9.42. The first-order valence-electron chi connectivity index (χ1n) is 12.3. The molecule has 170 valence electrons. The maximum Gasteiger partial charge on any atom is 0.317 e. The summed E-state index contributed by atoms with van der Waals surface area (Å²) in [6.07, 6.45) is 5.35. The maximum atomic E-state index is 13.2. The number of fused-ring (bicyclic) bond motifs is 4. The molecule has 3 aliphatic heterocycles. The molecule has 0 aliphatic carbocycles. The van der Waals surface area contributed by atoms with Crippen molar-refractivity contribution in [2.75, 3.05) is 32.8 Å². The lowest BCUT2D eigenvalue weighted by Gasteiger charge is -2.52. The number of likely N-dealkylation sites (tertiary alicyclic amines) is 1. The van der Waals surface area contributed by atoms with E-state index in [9.17, 15) is 4.79 Å². The highest BCUT2D eigenvalue weighted by Crippen LogP contribution is 2.43. The van der Waals surface area contributed by atoms with Crippen LogP contribution in [-0.4, -0.2) is 54.7 Å². The van der Waals surface area contributed by atoms with Crippen molar-refractivity contribution in [3.8, 4) is 5.75 Å². The molecule has 2 fully saturated rings. The summed E-state index contributed by atoms with van der Waals surface area (Å²) in [4.78, 5) is 18.0. The van der Waals surface area contributed by atoms with Crippen LogP contribution in [0.25, 0.3) is 0 Å². The number of amides is 2. The molecule has 2 aromatic rings. The van der Waals surface area contributed by atoms with Gasteiger partial charge in [0.1, 0.15) is 5.75 Å². The lowest BCUT2D eigenvalue weighted by atomic mass is 9.76. The molecule has 5 nitrogen and oxygen atoms in total. The second kappa shape index (κ2) is 9.53. The molecule has 3 atom stereocenters. The van der Waals surface area contributed by atoms with E-state index in [1.165, 1.54) is 23.1 Å². The number of benzene rings is 2. The third-order valence-corrected chi connectivity index (χ3v) is 7.54. The third-order valence-electron chi connectivity index (χ3n) is 7.54. The van der Waals surface area contributed by atoms with Crippen LogP contribution in [0, 0.1) is 5.92 Å². The first kappa shape index (κ1) is 21.3. The van der Waals surface area contributed by atoms with Gasteiger partial charge in [0.15, 0.2) is 0 Å². The molecule has 2 saturated heterocycles. The van der Waals surface area contributed by atoms with Gasteiger partial charge in [-0.2, -0.15) is 0 Å². The first-order chi connectivity index (χ1) is 15.7. The molecule has 2 amide bonds. The zero-order valence-corrected chi connectivity index (χ0v) is 19.1. The molecule has 2 aromatic carbocycles. The predicted octanol–water partition coefficient (Wildman–Crippen LogP) is 4.42. The Morgan fingerprint density at radius 1 is 1.16 bits per heavy atom. The van der Waals surface area contributed by atoms with Crippen LogP contribution in [0.15, 0.2) is 48.5 Å². The van der Waals surface area contributed by atoms with E-state index < -0.39 is 0 Å². The molecule has 0 saturated carbocycles. The highest BCUT2D eigenvalue weighted by atomic mass is 16.5. The average molecular weight is 434 g/mol. The lowest BCUT2D eigenvalue weighted by Crippen LogP contribution is -2.59. The SMILES string of the molecule is CCOc1ccc2c(c1)CCN1C[C@H]3CCCN(C(=O)NCCc4ccccc4)[C@H]3C[C@@H]21. The Bertz CT molecular complexity index is 932. The number of carbonyl (C=O) groups excluding carboxylic acids is 1. The fourth-order valence-corrected chi connectivity index (χ4v) is 6.00. The number of nitrogens with one attached hydrogen (secondary N) is 1. The van der Waals surface area contributed by atoms with Gasteiger partial charge in [-0.1, -0.05) is 36.4 Å². The molecule has 3 heterocycles. The van der Waals surface area contributed by atoms with Crippen LogP contribution < -0.4 is 10.1 Å². The number of piperidine rings is 2. The number of hydrogen-bond donors (Lipinski definition) is 1. The van der Waals surface area contributed by atoms with Gasteiger partial charge >= 0.3 is 6.03 Å². The number of ether oxygens (including phenoxy) is 1. The molecule has 0 radical (unpaired) electrons. The van der Waals surface area contributed by atoms with Crippen molar-refractivity contribution in [3.05, 3.63) is 65.2 Å². The highest BCUT2D eigenvalue weighted by Gasteiger charge is 2.43. The van der Waals surface area contributed by atoms with Gasteiger partial charge < -0.3 is 15.0 Å². The van der Waals surface area contributed by atoms with Crippen LogP contribution in [0.1, 0.15) is 48.9 Å². The van der Waals surface area contributed by atoms with E-state index in [0.29, 0.717) is 31.2 Å². The topological polar surface area (TPSA) is 44.8 Å². The normalized spacial score (nSPS) is 24.8. The summed E-state index contributed by atoms with van der Waals surface area (Å²) in [6, 6.07) is 17.9. The van der Waals surface area contributed by atoms with Crippen molar-refractivity contribution in [3.63, 3.8) is 0 Å². The molecule has 0 aromatic heterocycles. The van der Waals surface area contributed by atoms with Crippen LogP contribution in [0.4, 0.5) is 4.79 Å². The Hall–Kier alpha value is -2.53. The van der Waals surface area contributed by atoms with Gasteiger partial charge in [0.2, 0.25) is 0 Å². The van der Waals surface area contributed by atoms with E-state index in [-0.39, 0.29) is 6.03 Å². The minimum Gasteiger partial charge on any atom is -0.494 e. The maximum absolute atomic E-state index is 13.2. The molecule has 5 rings (SSSR count). The molecule has 0 unspecified atom stereocenters. The number of hydrogen-bond acceptors (Lipinski definition) is 3. The van der Waals surface area contributed by atoms with Crippen LogP contribution in [0.2, 0.25) is 0 Å². The number of carbonyl (C=O) groups is 1. The first-order valence-corrected chi connectivity index (χ1v) is 12.3. The van der Waals surface area contributed by atoms with E-state index in [0.717, 1.165) is 51.1 Å². The zero-order chi connectivity index (χ0) is 21.9. The third kappa shape index (κ3) is 4.36. The van der Waals surface area contributed by atoms with Crippen LogP contribution >= 0.6 is 0 Å². The van der Waals surface area contributed by atoms with E-state index in [1.54, 1.807) is 0 Å². The molecule has 0 bridgehead atoms. The van der Waals surface area contributed by atoms with Crippen molar-refractivity contribution in [2.45, 2.75) is 51.1 Å². The zero-order valence-electron chi connectivity index (χ0n) is 19.1. The summed E-state index contributed by atoms with van der Waals surface area (Å²) >= 11 is 0. The summed E-state index contributed by atoms with van der Waals surface area (Å²) in [5.41, 5.74) is 4.13. The second-order valence-corrected chi connectivity index (χ2v) is 9.42. The van der Waals surface area contributed by atoms with Crippen molar-refractivity contribution in [2.24, 2.45) is 5.92 Å². The van der Waals surface area contributed by atoms with Crippen LogP contribution in [0.3, 0.4) is 0 Å².